The van der Waals surface area contributed by atoms with Crippen molar-refractivity contribution in [2.24, 2.45) is 0 Å². The maximum atomic E-state index is 11.7. The Labute approximate surface area is 102 Å². The van der Waals surface area contributed by atoms with Gasteiger partial charge in [0.05, 0.1) is 11.3 Å². The fourth-order valence-electron chi connectivity index (χ4n) is 1.35. The third-order valence-electron chi connectivity index (χ3n) is 2.54. The van der Waals surface area contributed by atoms with E-state index in [0.29, 0.717) is 0 Å². The number of nitrogens with one attached hydrogen (secondary N) is 1. The van der Waals surface area contributed by atoms with Crippen LogP contribution in [0.3, 0.4) is 0 Å². The minimum Gasteiger partial charge on any atom is -0.358 e. The van der Waals surface area contributed by atoms with E-state index >= 15 is 0 Å². The monoisotopic (exact) mass is 258 g/mol. The molecule has 1 aromatic heterocycles. The van der Waals surface area contributed by atoms with Crippen molar-refractivity contribution in [2.45, 2.75) is 31.8 Å². The second-order valence-electron chi connectivity index (χ2n) is 4.00. The van der Waals surface area contributed by atoms with Gasteiger partial charge in [0.1, 0.15) is 6.04 Å². The predicted molar refractivity (Wildman–Crippen MR) is 59.8 cm³/mol. The van der Waals surface area contributed by atoms with Crippen LogP contribution < -0.4 is 5.32 Å². The third kappa shape index (κ3) is 2.55. The van der Waals surface area contributed by atoms with Gasteiger partial charge in [-0.25, -0.2) is 0 Å². The summed E-state index contributed by atoms with van der Waals surface area (Å²) in [5.41, 5.74) is 0. The molecule has 1 unspecified atom stereocenters. The highest BCUT2D eigenvalue weighted by atomic mass is 35.5. The SMILES string of the molecule is CC(C(=O)NC1CC1)n1cc(Cl)c([N+](=O)[O-])n1. The molecule has 1 fully saturated rings. The summed E-state index contributed by atoms with van der Waals surface area (Å²) in [4.78, 5) is 21.6. The van der Waals surface area contributed by atoms with Gasteiger partial charge in [0.2, 0.25) is 5.91 Å². The Balaban J connectivity index is 2.12. The number of aromatic nitrogens is 2. The molecule has 2 rings (SSSR count). The average Bonchev–Trinajstić information content (AvgIpc) is 2.97. The van der Waals surface area contributed by atoms with Crippen LogP contribution in [0, 0.1) is 10.1 Å². The van der Waals surface area contributed by atoms with E-state index in [9.17, 15) is 14.9 Å². The summed E-state index contributed by atoms with van der Waals surface area (Å²) < 4.78 is 1.21. The van der Waals surface area contributed by atoms with Gasteiger partial charge in [-0.05, 0) is 24.7 Å². The molecular weight excluding hydrogens is 248 g/mol. The molecule has 1 saturated carbocycles. The van der Waals surface area contributed by atoms with Gasteiger partial charge in [-0.3, -0.25) is 4.79 Å². The van der Waals surface area contributed by atoms with Crippen LogP contribution >= 0.6 is 11.6 Å². The number of hydrogen-bond acceptors (Lipinski definition) is 4. The summed E-state index contributed by atoms with van der Waals surface area (Å²) in [5, 5.41) is 17.0. The summed E-state index contributed by atoms with van der Waals surface area (Å²) in [7, 11) is 0. The lowest BCUT2D eigenvalue weighted by Gasteiger charge is -2.08. The van der Waals surface area contributed by atoms with E-state index in [1.807, 2.05) is 0 Å². The van der Waals surface area contributed by atoms with Crippen molar-refractivity contribution in [3.05, 3.63) is 21.3 Å². The van der Waals surface area contributed by atoms with Crippen molar-refractivity contribution in [2.75, 3.05) is 0 Å². The predicted octanol–water partition coefficient (Wildman–Crippen LogP) is 1.28. The van der Waals surface area contributed by atoms with E-state index in [1.165, 1.54) is 10.9 Å². The lowest BCUT2D eigenvalue weighted by Crippen LogP contribution is -2.32. The van der Waals surface area contributed by atoms with Gasteiger partial charge in [-0.2, -0.15) is 4.68 Å². The van der Waals surface area contributed by atoms with Gasteiger partial charge in [-0.15, -0.1) is 0 Å². The Bertz CT molecular complexity index is 469. The van der Waals surface area contributed by atoms with Crippen LogP contribution in [0.1, 0.15) is 25.8 Å². The largest absolute Gasteiger partial charge is 0.408 e. The van der Waals surface area contributed by atoms with Gasteiger partial charge in [0.15, 0.2) is 5.02 Å². The molecule has 0 aromatic carbocycles. The first kappa shape index (κ1) is 11.8. The molecule has 1 aliphatic rings. The Morgan fingerprint density at radius 1 is 1.76 bits per heavy atom. The smallest absolute Gasteiger partial charge is 0.358 e. The van der Waals surface area contributed by atoms with E-state index in [0.717, 1.165) is 12.8 Å². The van der Waals surface area contributed by atoms with Crippen molar-refractivity contribution in [3.8, 4) is 0 Å². The molecule has 1 atom stereocenters. The highest BCUT2D eigenvalue weighted by Gasteiger charge is 2.29. The fraction of sp³-hybridized carbons (Fsp3) is 0.556. The second-order valence-corrected chi connectivity index (χ2v) is 4.40. The minimum atomic E-state index is -0.676. The standard InChI is InChI=1S/C9H11ClN4O3/c1-5(9(15)11-6-2-3-6)13-4-7(10)8(12-13)14(16)17/h4-6H,2-3H2,1H3,(H,11,15). The van der Waals surface area contributed by atoms with E-state index in [4.69, 9.17) is 11.6 Å². The van der Waals surface area contributed by atoms with Crippen molar-refractivity contribution < 1.29 is 9.72 Å². The first-order chi connectivity index (χ1) is 7.99. The highest BCUT2D eigenvalue weighted by Crippen LogP contribution is 2.24. The van der Waals surface area contributed by atoms with E-state index in [2.05, 4.69) is 10.4 Å². The van der Waals surface area contributed by atoms with Crippen LogP contribution in [-0.4, -0.2) is 26.7 Å². The summed E-state index contributed by atoms with van der Waals surface area (Å²) >= 11 is 5.65. The number of hydrogen-bond donors (Lipinski definition) is 1. The fourth-order valence-corrected chi connectivity index (χ4v) is 1.56. The molecule has 1 N–H and O–H groups in total. The van der Waals surface area contributed by atoms with Gasteiger partial charge in [0.25, 0.3) is 0 Å². The normalized spacial score (nSPS) is 16.6. The topological polar surface area (TPSA) is 90.1 Å². The lowest BCUT2D eigenvalue weighted by atomic mass is 10.3. The van der Waals surface area contributed by atoms with Crippen molar-refractivity contribution in [1.82, 2.24) is 15.1 Å². The first-order valence-corrected chi connectivity index (χ1v) is 5.56. The summed E-state index contributed by atoms with van der Waals surface area (Å²) in [5.74, 6) is -0.640. The lowest BCUT2D eigenvalue weighted by molar-refractivity contribution is -0.389. The molecule has 1 aromatic rings. The van der Waals surface area contributed by atoms with Crippen molar-refractivity contribution in [1.29, 1.82) is 0 Å². The van der Waals surface area contributed by atoms with Gasteiger partial charge in [0, 0.05) is 6.04 Å². The van der Waals surface area contributed by atoms with E-state index in [1.54, 1.807) is 6.92 Å². The molecule has 0 bridgehead atoms. The average molecular weight is 259 g/mol. The minimum absolute atomic E-state index is 0.0685. The molecule has 1 aliphatic carbocycles. The van der Waals surface area contributed by atoms with Crippen LogP contribution in [0.5, 0.6) is 0 Å². The molecule has 0 spiro atoms. The third-order valence-corrected chi connectivity index (χ3v) is 2.81. The molecule has 0 radical (unpaired) electrons. The molecule has 1 heterocycles. The zero-order valence-corrected chi connectivity index (χ0v) is 9.85. The number of carbonyl (C=O) groups excluding carboxylic acids is 1. The number of rotatable bonds is 4. The number of nitrogens with zero attached hydrogens (tertiary/aromatic N) is 3. The Hall–Kier alpha value is -1.63. The van der Waals surface area contributed by atoms with Crippen LogP contribution in [-0.2, 0) is 4.79 Å². The quantitative estimate of drug-likeness (QED) is 0.651. The Morgan fingerprint density at radius 3 is 2.88 bits per heavy atom. The van der Waals surface area contributed by atoms with Crippen LogP contribution in [0.2, 0.25) is 5.02 Å². The molecule has 8 heteroatoms. The van der Waals surface area contributed by atoms with Crippen LogP contribution in [0.25, 0.3) is 0 Å². The van der Waals surface area contributed by atoms with Gasteiger partial charge in [-0.1, -0.05) is 11.6 Å². The molecule has 7 nitrogen and oxygen atoms in total. The Morgan fingerprint density at radius 2 is 2.41 bits per heavy atom. The summed E-state index contributed by atoms with van der Waals surface area (Å²) in [6.07, 6.45) is 3.26. The maximum absolute atomic E-state index is 11.7. The Kier molecular flexibility index (Phi) is 3.01. The van der Waals surface area contributed by atoms with Crippen molar-refractivity contribution in [3.63, 3.8) is 0 Å². The van der Waals surface area contributed by atoms with Gasteiger partial charge < -0.3 is 15.4 Å². The number of carbonyl (C=O) groups is 1. The number of nitro groups is 1. The molecule has 92 valence electrons. The number of halogens is 1. The molecular formula is C9H11ClN4O3. The number of amides is 1. The van der Waals surface area contributed by atoms with Crippen molar-refractivity contribution >= 4 is 23.3 Å². The van der Waals surface area contributed by atoms with Crippen LogP contribution in [0.15, 0.2) is 6.20 Å². The molecule has 17 heavy (non-hydrogen) atoms. The second kappa shape index (κ2) is 4.33. The zero-order chi connectivity index (χ0) is 12.6. The summed E-state index contributed by atoms with van der Waals surface area (Å²) in [6, 6.07) is -0.368. The molecule has 0 saturated heterocycles. The maximum Gasteiger partial charge on any atom is 0.408 e. The zero-order valence-electron chi connectivity index (χ0n) is 9.09. The van der Waals surface area contributed by atoms with E-state index in [-0.39, 0.29) is 17.0 Å². The molecule has 0 aliphatic heterocycles. The van der Waals surface area contributed by atoms with Gasteiger partial charge >= 0.3 is 5.82 Å². The van der Waals surface area contributed by atoms with E-state index < -0.39 is 16.8 Å². The summed E-state index contributed by atoms with van der Waals surface area (Å²) in [6.45, 7) is 1.62. The highest BCUT2D eigenvalue weighted by molar-refractivity contribution is 6.32. The molecule has 1 amide bonds. The first-order valence-electron chi connectivity index (χ1n) is 5.18. The van der Waals surface area contributed by atoms with Crippen LogP contribution in [0.4, 0.5) is 5.82 Å².